The summed E-state index contributed by atoms with van der Waals surface area (Å²) in [7, 11) is 0. The molecule has 1 aliphatic rings. The van der Waals surface area contributed by atoms with Gasteiger partial charge in [-0.3, -0.25) is 0 Å². The molecular formula is C17H19ClN4S. The van der Waals surface area contributed by atoms with E-state index in [2.05, 4.69) is 21.4 Å². The molecule has 6 heteroatoms. The first-order valence-corrected chi connectivity index (χ1v) is 9.16. The molecule has 0 saturated carbocycles. The minimum atomic E-state index is 0.648. The SMILES string of the molecule is Cc1cc(Cl)cc2sc(N3CCCC(Cn4ccnc4)C3)nc12. The Hall–Kier alpha value is -1.59. The summed E-state index contributed by atoms with van der Waals surface area (Å²) in [5.41, 5.74) is 2.24. The molecule has 4 rings (SSSR count). The highest BCUT2D eigenvalue weighted by atomic mass is 35.5. The van der Waals surface area contributed by atoms with Crippen LogP contribution in [0.5, 0.6) is 0 Å². The van der Waals surface area contributed by atoms with Crippen molar-refractivity contribution in [3.8, 4) is 0 Å². The van der Waals surface area contributed by atoms with Crippen molar-refractivity contribution in [2.75, 3.05) is 18.0 Å². The summed E-state index contributed by atoms with van der Waals surface area (Å²) in [6.07, 6.45) is 8.28. The summed E-state index contributed by atoms with van der Waals surface area (Å²) >= 11 is 7.93. The van der Waals surface area contributed by atoms with Crippen LogP contribution in [-0.2, 0) is 6.54 Å². The lowest BCUT2D eigenvalue weighted by atomic mass is 9.98. The van der Waals surface area contributed by atoms with Gasteiger partial charge in [-0.15, -0.1) is 0 Å². The van der Waals surface area contributed by atoms with E-state index in [0.717, 1.165) is 40.9 Å². The van der Waals surface area contributed by atoms with Crippen LogP contribution in [-0.4, -0.2) is 27.6 Å². The van der Waals surface area contributed by atoms with Crippen LogP contribution in [0.15, 0.2) is 30.9 Å². The Morgan fingerprint density at radius 2 is 2.30 bits per heavy atom. The number of anilines is 1. The van der Waals surface area contributed by atoms with Crippen LogP contribution in [0.1, 0.15) is 18.4 Å². The summed E-state index contributed by atoms with van der Waals surface area (Å²) < 4.78 is 3.36. The number of piperidine rings is 1. The number of imidazole rings is 1. The lowest BCUT2D eigenvalue weighted by Gasteiger charge is -2.32. The van der Waals surface area contributed by atoms with Gasteiger partial charge in [0.15, 0.2) is 5.13 Å². The fourth-order valence-electron chi connectivity index (χ4n) is 3.36. The van der Waals surface area contributed by atoms with E-state index in [1.54, 1.807) is 11.3 Å². The molecule has 1 atom stereocenters. The zero-order valence-electron chi connectivity index (χ0n) is 13.1. The molecule has 4 nitrogen and oxygen atoms in total. The molecule has 0 N–H and O–H groups in total. The maximum Gasteiger partial charge on any atom is 0.186 e. The second-order valence-corrected chi connectivity index (χ2v) is 7.73. The Morgan fingerprint density at radius 1 is 1.39 bits per heavy atom. The Labute approximate surface area is 144 Å². The van der Waals surface area contributed by atoms with Crippen LogP contribution in [0.25, 0.3) is 10.2 Å². The standard InChI is InChI=1S/C17H19ClN4S/c1-12-7-14(18)8-15-16(12)20-17(23-15)22-5-2-3-13(10-22)9-21-6-4-19-11-21/h4,6-8,11,13H,2-3,5,9-10H2,1H3. The third-order valence-corrected chi connectivity index (χ3v) is 5.74. The van der Waals surface area contributed by atoms with E-state index in [-0.39, 0.29) is 0 Å². The Balaban J connectivity index is 1.56. The second kappa shape index (κ2) is 6.13. The van der Waals surface area contributed by atoms with E-state index in [4.69, 9.17) is 16.6 Å². The highest BCUT2D eigenvalue weighted by Gasteiger charge is 2.23. The van der Waals surface area contributed by atoms with Crippen molar-refractivity contribution < 1.29 is 0 Å². The van der Waals surface area contributed by atoms with E-state index in [9.17, 15) is 0 Å². The van der Waals surface area contributed by atoms with Crippen LogP contribution in [0.2, 0.25) is 5.02 Å². The van der Waals surface area contributed by atoms with Crippen molar-refractivity contribution in [2.45, 2.75) is 26.3 Å². The first-order valence-electron chi connectivity index (χ1n) is 7.96. The van der Waals surface area contributed by atoms with E-state index in [1.165, 1.54) is 17.5 Å². The van der Waals surface area contributed by atoms with Gasteiger partial charge in [-0.25, -0.2) is 9.97 Å². The summed E-state index contributed by atoms with van der Waals surface area (Å²) in [6.45, 7) is 5.26. The number of aromatic nitrogens is 3. The number of benzene rings is 1. The van der Waals surface area contributed by atoms with Gasteiger partial charge in [-0.05, 0) is 43.4 Å². The molecule has 3 aromatic rings. The van der Waals surface area contributed by atoms with Crippen molar-refractivity contribution in [1.82, 2.24) is 14.5 Å². The number of halogens is 1. The minimum Gasteiger partial charge on any atom is -0.348 e. The number of rotatable bonds is 3. The summed E-state index contributed by atoms with van der Waals surface area (Å²) in [5.74, 6) is 0.648. The van der Waals surface area contributed by atoms with Crippen LogP contribution >= 0.6 is 22.9 Å². The molecule has 1 aromatic carbocycles. The normalized spacial score (nSPS) is 18.7. The molecule has 0 amide bonds. The monoisotopic (exact) mass is 346 g/mol. The largest absolute Gasteiger partial charge is 0.348 e. The lowest BCUT2D eigenvalue weighted by molar-refractivity contribution is 0.366. The fraction of sp³-hybridized carbons (Fsp3) is 0.412. The summed E-state index contributed by atoms with van der Waals surface area (Å²) in [5, 5.41) is 1.92. The number of aryl methyl sites for hydroxylation is 1. The van der Waals surface area contributed by atoms with Gasteiger partial charge >= 0.3 is 0 Å². The molecule has 120 valence electrons. The smallest absolute Gasteiger partial charge is 0.186 e. The van der Waals surface area contributed by atoms with Crippen molar-refractivity contribution in [3.63, 3.8) is 0 Å². The molecule has 1 unspecified atom stereocenters. The highest BCUT2D eigenvalue weighted by molar-refractivity contribution is 7.22. The molecule has 1 aliphatic heterocycles. The quantitative estimate of drug-likeness (QED) is 0.706. The Bertz CT molecular complexity index is 811. The van der Waals surface area contributed by atoms with E-state index in [0.29, 0.717) is 5.92 Å². The number of fused-ring (bicyclic) bond motifs is 1. The molecule has 1 saturated heterocycles. The van der Waals surface area contributed by atoms with Gasteiger partial charge in [-0.2, -0.15) is 0 Å². The Morgan fingerprint density at radius 3 is 3.13 bits per heavy atom. The van der Waals surface area contributed by atoms with Crippen molar-refractivity contribution in [3.05, 3.63) is 41.4 Å². The number of hydrogen-bond donors (Lipinski definition) is 0. The van der Waals surface area contributed by atoms with Crippen molar-refractivity contribution in [2.24, 2.45) is 5.92 Å². The molecule has 0 bridgehead atoms. The number of thiazole rings is 1. The zero-order valence-corrected chi connectivity index (χ0v) is 14.6. The van der Waals surface area contributed by atoms with E-state index < -0.39 is 0 Å². The van der Waals surface area contributed by atoms with Crippen molar-refractivity contribution in [1.29, 1.82) is 0 Å². The predicted octanol–water partition coefficient (Wildman–Crippen LogP) is 4.37. The second-order valence-electron chi connectivity index (χ2n) is 6.28. The van der Waals surface area contributed by atoms with E-state index in [1.807, 2.05) is 30.9 Å². The van der Waals surface area contributed by atoms with Gasteiger partial charge in [0.25, 0.3) is 0 Å². The minimum absolute atomic E-state index is 0.648. The molecule has 0 radical (unpaired) electrons. The van der Waals surface area contributed by atoms with Gasteiger partial charge < -0.3 is 9.47 Å². The van der Waals surface area contributed by atoms with Crippen LogP contribution < -0.4 is 4.90 Å². The molecule has 23 heavy (non-hydrogen) atoms. The first kappa shape index (κ1) is 15.0. The van der Waals surface area contributed by atoms with Crippen LogP contribution in [0.3, 0.4) is 0 Å². The van der Waals surface area contributed by atoms with Crippen molar-refractivity contribution >= 4 is 38.3 Å². The highest BCUT2D eigenvalue weighted by Crippen LogP contribution is 2.34. The van der Waals surface area contributed by atoms with Gasteiger partial charge in [0.2, 0.25) is 0 Å². The first-order chi connectivity index (χ1) is 11.2. The average Bonchev–Trinajstić information content (AvgIpc) is 3.17. The molecule has 3 heterocycles. The average molecular weight is 347 g/mol. The van der Waals surface area contributed by atoms with Crippen LogP contribution in [0.4, 0.5) is 5.13 Å². The zero-order chi connectivity index (χ0) is 15.8. The predicted molar refractivity (Wildman–Crippen MR) is 96.5 cm³/mol. The Kier molecular flexibility index (Phi) is 3.99. The summed E-state index contributed by atoms with van der Waals surface area (Å²) in [6, 6.07) is 4.02. The van der Waals surface area contributed by atoms with Gasteiger partial charge in [0.1, 0.15) is 0 Å². The summed E-state index contributed by atoms with van der Waals surface area (Å²) in [4.78, 5) is 11.4. The van der Waals surface area contributed by atoms with Gasteiger partial charge in [0, 0.05) is 37.1 Å². The third-order valence-electron chi connectivity index (χ3n) is 4.46. The molecular weight excluding hydrogens is 328 g/mol. The van der Waals surface area contributed by atoms with Crippen LogP contribution in [0, 0.1) is 12.8 Å². The maximum atomic E-state index is 6.18. The molecule has 1 fully saturated rings. The van der Waals surface area contributed by atoms with Gasteiger partial charge in [-0.1, -0.05) is 22.9 Å². The molecule has 0 spiro atoms. The van der Waals surface area contributed by atoms with Gasteiger partial charge in [0.05, 0.1) is 16.5 Å². The molecule has 0 aliphatic carbocycles. The van der Waals surface area contributed by atoms with E-state index >= 15 is 0 Å². The third kappa shape index (κ3) is 3.08. The maximum absolute atomic E-state index is 6.18. The topological polar surface area (TPSA) is 34.0 Å². The lowest BCUT2D eigenvalue weighted by Crippen LogP contribution is -2.36. The fourth-order valence-corrected chi connectivity index (χ4v) is 4.81. The number of hydrogen-bond acceptors (Lipinski definition) is 4. The number of nitrogens with zero attached hydrogens (tertiary/aromatic N) is 4. The molecule has 2 aromatic heterocycles.